The van der Waals surface area contributed by atoms with Gasteiger partial charge in [-0.3, -0.25) is 0 Å². The summed E-state index contributed by atoms with van der Waals surface area (Å²) < 4.78 is 0. The van der Waals surface area contributed by atoms with Gasteiger partial charge < -0.3 is 5.32 Å². The highest BCUT2D eigenvalue weighted by Gasteiger charge is 2.49. The van der Waals surface area contributed by atoms with Crippen molar-refractivity contribution in [2.75, 3.05) is 6.54 Å². The number of nitrogens with one attached hydrogen (secondary N) is 1. The van der Waals surface area contributed by atoms with Crippen LogP contribution in [0, 0.1) is 11.3 Å². The summed E-state index contributed by atoms with van der Waals surface area (Å²) >= 11 is 6.27. The van der Waals surface area contributed by atoms with Gasteiger partial charge in [0.1, 0.15) is 0 Å². The van der Waals surface area contributed by atoms with Crippen LogP contribution in [0.25, 0.3) is 0 Å². The van der Waals surface area contributed by atoms with Gasteiger partial charge in [0.15, 0.2) is 0 Å². The fourth-order valence-corrected chi connectivity index (χ4v) is 2.99. The summed E-state index contributed by atoms with van der Waals surface area (Å²) in [6, 6.07) is 8.79. The molecule has 0 aromatic heterocycles. The van der Waals surface area contributed by atoms with E-state index < -0.39 is 0 Å². The molecule has 0 heterocycles. The van der Waals surface area contributed by atoms with Crippen LogP contribution >= 0.6 is 11.6 Å². The van der Waals surface area contributed by atoms with Crippen molar-refractivity contribution in [1.29, 1.82) is 0 Å². The van der Waals surface area contributed by atoms with E-state index in [2.05, 4.69) is 38.2 Å². The second kappa shape index (κ2) is 5.63. The van der Waals surface area contributed by atoms with Gasteiger partial charge in [-0.05, 0) is 48.8 Å². The van der Waals surface area contributed by atoms with E-state index in [-0.39, 0.29) is 0 Å². The highest BCUT2D eigenvalue weighted by Crippen LogP contribution is 2.54. The number of hydrogen-bond donors (Lipinski definition) is 1. The van der Waals surface area contributed by atoms with Crippen LogP contribution in [0.3, 0.4) is 0 Å². The summed E-state index contributed by atoms with van der Waals surface area (Å²) in [5.41, 5.74) is 1.78. The van der Waals surface area contributed by atoms with E-state index in [9.17, 15) is 0 Å². The van der Waals surface area contributed by atoms with Gasteiger partial charge in [-0.15, -0.1) is 0 Å². The number of rotatable bonds is 6. The first-order valence-electron chi connectivity index (χ1n) is 7.01. The third kappa shape index (κ3) is 3.27. The Morgan fingerprint density at radius 1 is 1.39 bits per heavy atom. The van der Waals surface area contributed by atoms with Gasteiger partial charge >= 0.3 is 0 Å². The SMILES string of the molecule is CCCNC(Cc1ccccc1Cl)C1CC1(C)C. The van der Waals surface area contributed by atoms with Crippen molar-refractivity contribution in [3.8, 4) is 0 Å². The van der Waals surface area contributed by atoms with Gasteiger partial charge in [-0.2, -0.15) is 0 Å². The topological polar surface area (TPSA) is 12.0 Å². The number of halogens is 1. The molecule has 1 aliphatic carbocycles. The van der Waals surface area contributed by atoms with Crippen molar-refractivity contribution in [2.45, 2.75) is 46.1 Å². The first-order valence-corrected chi connectivity index (χ1v) is 7.39. The molecule has 0 amide bonds. The van der Waals surface area contributed by atoms with Crippen molar-refractivity contribution >= 4 is 11.6 Å². The maximum absolute atomic E-state index is 6.27. The Morgan fingerprint density at radius 3 is 2.61 bits per heavy atom. The molecular weight excluding hydrogens is 242 g/mol. The van der Waals surface area contributed by atoms with Crippen LogP contribution in [0.1, 0.15) is 39.2 Å². The second-order valence-electron chi connectivity index (χ2n) is 6.16. The van der Waals surface area contributed by atoms with Crippen molar-refractivity contribution in [3.05, 3.63) is 34.9 Å². The Labute approximate surface area is 116 Å². The molecule has 1 aliphatic rings. The fraction of sp³-hybridized carbons (Fsp3) is 0.625. The normalized spacial score (nSPS) is 22.8. The molecular formula is C16H24ClN. The molecule has 1 fully saturated rings. The predicted molar refractivity (Wildman–Crippen MR) is 79.1 cm³/mol. The Morgan fingerprint density at radius 2 is 2.06 bits per heavy atom. The average molecular weight is 266 g/mol. The zero-order chi connectivity index (χ0) is 13.2. The molecule has 0 saturated heterocycles. The molecule has 2 unspecified atom stereocenters. The van der Waals surface area contributed by atoms with Gasteiger partial charge in [-0.25, -0.2) is 0 Å². The second-order valence-corrected chi connectivity index (χ2v) is 6.56. The highest BCUT2D eigenvalue weighted by atomic mass is 35.5. The van der Waals surface area contributed by atoms with Crippen molar-refractivity contribution < 1.29 is 0 Å². The molecule has 2 heteroatoms. The van der Waals surface area contributed by atoms with Crippen molar-refractivity contribution in [2.24, 2.45) is 11.3 Å². The van der Waals surface area contributed by atoms with Gasteiger partial charge in [0, 0.05) is 11.1 Å². The minimum atomic E-state index is 0.507. The standard InChI is InChI=1S/C16H24ClN/c1-4-9-18-15(13-11-16(13,2)3)10-12-7-5-6-8-14(12)17/h5-8,13,15,18H,4,9-11H2,1-3H3. The van der Waals surface area contributed by atoms with E-state index in [0.717, 1.165) is 23.9 Å². The summed E-state index contributed by atoms with van der Waals surface area (Å²) in [7, 11) is 0. The minimum absolute atomic E-state index is 0.507. The lowest BCUT2D eigenvalue weighted by atomic mass is 9.97. The van der Waals surface area contributed by atoms with E-state index in [1.165, 1.54) is 18.4 Å². The Hall–Kier alpha value is -0.530. The van der Waals surface area contributed by atoms with Crippen LogP contribution in [0.5, 0.6) is 0 Å². The average Bonchev–Trinajstić information content (AvgIpc) is 2.96. The predicted octanol–water partition coefficient (Wildman–Crippen LogP) is 4.30. The Bertz CT molecular complexity index is 400. The van der Waals surface area contributed by atoms with Gasteiger partial charge in [0.25, 0.3) is 0 Å². The smallest absolute Gasteiger partial charge is 0.0438 e. The lowest BCUT2D eigenvalue weighted by Gasteiger charge is -2.21. The molecule has 0 radical (unpaired) electrons. The first kappa shape index (κ1) is 13.9. The molecule has 2 atom stereocenters. The van der Waals surface area contributed by atoms with Gasteiger partial charge in [0.05, 0.1) is 0 Å². The van der Waals surface area contributed by atoms with E-state index in [1.54, 1.807) is 0 Å². The fourth-order valence-electron chi connectivity index (χ4n) is 2.78. The van der Waals surface area contributed by atoms with Crippen LogP contribution < -0.4 is 5.32 Å². The Kier molecular flexibility index (Phi) is 4.34. The van der Waals surface area contributed by atoms with Crippen LogP contribution in [-0.2, 0) is 6.42 Å². The lowest BCUT2D eigenvalue weighted by molar-refractivity contribution is 0.402. The van der Waals surface area contributed by atoms with Crippen molar-refractivity contribution in [1.82, 2.24) is 5.32 Å². The highest BCUT2D eigenvalue weighted by molar-refractivity contribution is 6.31. The maximum Gasteiger partial charge on any atom is 0.0438 e. The largest absolute Gasteiger partial charge is 0.313 e. The molecule has 1 aromatic carbocycles. The summed E-state index contributed by atoms with van der Waals surface area (Å²) in [5.74, 6) is 0.792. The van der Waals surface area contributed by atoms with Gasteiger partial charge in [-0.1, -0.05) is 50.6 Å². The van der Waals surface area contributed by atoms with Crippen LogP contribution in [0.2, 0.25) is 5.02 Å². The number of hydrogen-bond acceptors (Lipinski definition) is 1. The Balaban J connectivity index is 2.04. The maximum atomic E-state index is 6.27. The summed E-state index contributed by atoms with van der Waals surface area (Å²) in [5, 5.41) is 4.61. The van der Waals surface area contributed by atoms with Crippen LogP contribution in [0.15, 0.2) is 24.3 Å². The minimum Gasteiger partial charge on any atom is -0.313 e. The van der Waals surface area contributed by atoms with Crippen LogP contribution in [0.4, 0.5) is 0 Å². The number of benzene rings is 1. The molecule has 0 spiro atoms. The van der Waals surface area contributed by atoms with E-state index in [0.29, 0.717) is 11.5 Å². The molecule has 1 N–H and O–H groups in total. The van der Waals surface area contributed by atoms with E-state index >= 15 is 0 Å². The summed E-state index contributed by atoms with van der Waals surface area (Å²) in [6.45, 7) is 8.05. The zero-order valence-electron chi connectivity index (χ0n) is 11.7. The third-order valence-electron chi connectivity index (χ3n) is 4.13. The summed E-state index contributed by atoms with van der Waals surface area (Å²) in [4.78, 5) is 0. The van der Waals surface area contributed by atoms with Gasteiger partial charge in [0.2, 0.25) is 0 Å². The quantitative estimate of drug-likeness (QED) is 0.809. The molecule has 18 heavy (non-hydrogen) atoms. The molecule has 0 aliphatic heterocycles. The zero-order valence-corrected chi connectivity index (χ0v) is 12.4. The molecule has 2 rings (SSSR count). The molecule has 1 nitrogen and oxygen atoms in total. The third-order valence-corrected chi connectivity index (χ3v) is 4.50. The van der Waals surface area contributed by atoms with E-state index in [1.807, 2.05) is 12.1 Å². The monoisotopic (exact) mass is 265 g/mol. The summed E-state index contributed by atoms with van der Waals surface area (Å²) in [6.07, 6.45) is 3.57. The van der Waals surface area contributed by atoms with Crippen molar-refractivity contribution in [3.63, 3.8) is 0 Å². The van der Waals surface area contributed by atoms with E-state index in [4.69, 9.17) is 11.6 Å². The van der Waals surface area contributed by atoms with Crippen LogP contribution in [-0.4, -0.2) is 12.6 Å². The molecule has 1 aromatic rings. The molecule has 100 valence electrons. The lowest BCUT2D eigenvalue weighted by Crippen LogP contribution is -2.35. The first-order chi connectivity index (χ1) is 8.54. The molecule has 1 saturated carbocycles. The molecule has 0 bridgehead atoms.